The predicted molar refractivity (Wildman–Crippen MR) is 73.9 cm³/mol. The normalized spacial score (nSPS) is 10.4. The van der Waals surface area contributed by atoms with Gasteiger partial charge in [-0.3, -0.25) is 0 Å². The molecule has 0 atom stereocenters. The molecule has 0 radical (unpaired) electrons. The molecule has 10 nitrogen and oxygen atoms in total. The van der Waals surface area contributed by atoms with E-state index in [1.165, 1.54) is 0 Å². The quantitative estimate of drug-likeness (QED) is 0.229. The Morgan fingerprint density at radius 3 is 1.00 bits per heavy atom. The lowest BCUT2D eigenvalue weighted by Crippen LogP contribution is -2.44. The van der Waals surface area contributed by atoms with Crippen LogP contribution in [0.25, 0.3) is 0 Å². The molecule has 14 heteroatoms. The summed E-state index contributed by atoms with van der Waals surface area (Å²) in [7, 11) is -5.06. The maximum atomic E-state index is 9.10. The maximum absolute atomic E-state index is 9.10. The fraction of sp³-hybridized carbons (Fsp3) is 1.00. The topological polar surface area (TPSA) is 180 Å². The van der Waals surface area contributed by atoms with Crippen molar-refractivity contribution < 1.29 is 49.5 Å². The highest BCUT2D eigenvalue weighted by Gasteiger charge is 2.31. The van der Waals surface area contributed by atoms with Crippen LogP contribution in [0.15, 0.2) is 0 Å². The Balaban J connectivity index is -0.000000223. The summed E-state index contributed by atoms with van der Waals surface area (Å²) in [4.78, 5) is 0. The van der Waals surface area contributed by atoms with Crippen LogP contribution in [0.4, 0.5) is 0 Å². The monoisotopic (exact) mass is 298 g/mol. The minimum Gasteiger partial charge on any atom is -0.457 e. The molecule has 0 saturated heterocycles. The van der Waals surface area contributed by atoms with Gasteiger partial charge < -0.3 is 49.5 Å². The third-order valence-electron chi connectivity index (χ3n) is 1.92. The highest BCUT2D eigenvalue weighted by molar-refractivity contribution is 6.48. The minimum absolute atomic E-state index is 0.406. The van der Waals surface area contributed by atoms with Crippen LogP contribution in [0, 0.1) is 0 Å². The van der Waals surface area contributed by atoms with Crippen molar-refractivity contribution in [2.45, 2.75) is 38.9 Å². The summed E-state index contributed by atoms with van der Waals surface area (Å²) in [6.07, 6.45) is 0. The molecule has 0 spiro atoms. The van der Waals surface area contributed by atoms with Crippen LogP contribution in [0.1, 0.15) is 27.7 Å². The summed E-state index contributed by atoms with van der Waals surface area (Å²) >= 11 is 0. The number of rotatable bonds is 5. The van der Waals surface area contributed by atoms with Crippen LogP contribution >= 0.6 is 0 Å². The highest BCUT2D eigenvalue weighted by atomic mass is 16.7. The number of hydrogen-bond donors (Lipinski definition) is 8. The second-order valence-corrected chi connectivity index (χ2v) is 4.37. The van der Waals surface area contributed by atoms with Crippen LogP contribution in [0.3, 0.4) is 0 Å². The Morgan fingerprint density at radius 1 is 0.750 bits per heavy atom. The van der Waals surface area contributed by atoms with Gasteiger partial charge in [-0.25, -0.2) is 0 Å². The van der Waals surface area contributed by atoms with E-state index in [0.717, 1.165) is 0 Å². The first-order valence-corrected chi connectivity index (χ1v) is 5.41. The fourth-order valence-corrected chi connectivity index (χ4v) is 0.150. The van der Waals surface area contributed by atoms with Crippen LogP contribution in [-0.4, -0.2) is 81.6 Å². The van der Waals surface area contributed by atoms with Crippen molar-refractivity contribution in [3.8, 4) is 0 Å². The van der Waals surface area contributed by atoms with Gasteiger partial charge in [0.05, 0.1) is 11.2 Å². The van der Waals surface area contributed by atoms with E-state index in [9.17, 15) is 0 Å². The van der Waals surface area contributed by atoms with Crippen molar-refractivity contribution in [2.75, 3.05) is 0 Å². The molecule has 0 aromatic carbocycles. The molecular formula is C6H22B4O10. The molecule has 0 aliphatic carbocycles. The van der Waals surface area contributed by atoms with Gasteiger partial charge in [0, 0.05) is 0 Å². The zero-order valence-electron chi connectivity index (χ0n) is 12.0. The Labute approximate surface area is 119 Å². The van der Waals surface area contributed by atoms with Gasteiger partial charge in [0.15, 0.2) is 0 Å². The van der Waals surface area contributed by atoms with Crippen molar-refractivity contribution in [1.29, 1.82) is 0 Å². The molecule has 0 bridgehead atoms. The van der Waals surface area contributed by atoms with E-state index in [1.54, 1.807) is 27.7 Å². The van der Waals surface area contributed by atoms with E-state index >= 15 is 0 Å². The van der Waals surface area contributed by atoms with Crippen LogP contribution < -0.4 is 0 Å². The van der Waals surface area contributed by atoms with E-state index in [0.29, 0.717) is 0 Å². The molecule has 118 valence electrons. The van der Waals surface area contributed by atoms with Crippen LogP contribution in [0.5, 0.6) is 0 Å². The standard InChI is InChI=1S/C6H14O2.B2H4O5.B2H4O3/c1-5(2,7)6(3,4)8;3-1(4)7-2(5)6;3-1-5-2-4/h7-8H,1-4H3;3-6H;1-4H. The first-order valence-electron chi connectivity index (χ1n) is 5.41. The van der Waals surface area contributed by atoms with Crippen LogP contribution in [0.2, 0.25) is 0 Å². The first kappa shape index (κ1) is 24.9. The second kappa shape index (κ2) is 12.6. The largest absolute Gasteiger partial charge is 0.621 e. The molecule has 0 unspecified atom stereocenters. The third kappa shape index (κ3) is 23.0. The van der Waals surface area contributed by atoms with Gasteiger partial charge in [-0.15, -0.1) is 0 Å². The molecule has 0 amide bonds. The van der Waals surface area contributed by atoms with Crippen molar-refractivity contribution in [2.24, 2.45) is 0 Å². The summed E-state index contributed by atoms with van der Waals surface area (Å²) < 4.78 is 7.42. The lowest BCUT2D eigenvalue weighted by atomic mass is 9.90. The van der Waals surface area contributed by atoms with Gasteiger partial charge in [0.2, 0.25) is 0 Å². The molecule has 0 aromatic rings. The second-order valence-electron chi connectivity index (χ2n) is 4.37. The van der Waals surface area contributed by atoms with E-state index in [1.807, 2.05) is 0 Å². The van der Waals surface area contributed by atoms with Gasteiger partial charge in [-0.1, -0.05) is 0 Å². The summed E-state index contributed by atoms with van der Waals surface area (Å²) in [5, 5.41) is 64.5. The zero-order valence-corrected chi connectivity index (χ0v) is 12.0. The molecule has 0 rings (SSSR count). The first-order chi connectivity index (χ1) is 8.79. The molecule has 0 heterocycles. The van der Waals surface area contributed by atoms with Crippen molar-refractivity contribution >= 4 is 30.0 Å². The van der Waals surface area contributed by atoms with Crippen molar-refractivity contribution in [3.05, 3.63) is 0 Å². The Hall–Kier alpha value is -0.140. The summed E-state index contributed by atoms with van der Waals surface area (Å²) in [6, 6.07) is 0. The highest BCUT2D eigenvalue weighted by Crippen LogP contribution is 2.19. The molecule has 8 N–H and O–H groups in total. The Bertz CT molecular complexity index is 183. The predicted octanol–water partition coefficient (Wildman–Crippen LogP) is -5.01. The zero-order chi connectivity index (χ0) is 17.0. The fourth-order valence-electron chi connectivity index (χ4n) is 0.150. The van der Waals surface area contributed by atoms with Gasteiger partial charge in [-0.05, 0) is 27.7 Å². The molecule has 0 aliphatic heterocycles. The van der Waals surface area contributed by atoms with Gasteiger partial charge >= 0.3 is 30.0 Å². The van der Waals surface area contributed by atoms with Gasteiger partial charge in [0.25, 0.3) is 0 Å². The average molecular weight is 297 g/mol. The molecule has 20 heavy (non-hydrogen) atoms. The van der Waals surface area contributed by atoms with Crippen molar-refractivity contribution in [3.63, 3.8) is 0 Å². The van der Waals surface area contributed by atoms with E-state index in [4.69, 9.17) is 40.4 Å². The van der Waals surface area contributed by atoms with E-state index in [-0.39, 0.29) is 0 Å². The average Bonchev–Trinajstić information content (AvgIpc) is 2.14. The lowest BCUT2D eigenvalue weighted by Gasteiger charge is -2.31. The number of hydrogen-bond acceptors (Lipinski definition) is 10. The minimum atomic E-state index is -2.13. The summed E-state index contributed by atoms with van der Waals surface area (Å²) in [5.74, 6) is 0. The number of aliphatic hydroxyl groups is 2. The third-order valence-corrected chi connectivity index (χ3v) is 1.92. The summed E-state index contributed by atoms with van der Waals surface area (Å²) in [5.41, 5.74) is -2.01. The molecule has 0 aromatic heterocycles. The summed E-state index contributed by atoms with van der Waals surface area (Å²) in [6.45, 7) is 6.31. The van der Waals surface area contributed by atoms with Gasteiger partial charge in [-0.2, -0.15) is 0 Å². The molecule has 0 aliphatic rings. The Morgan fingerprint density at radius 2 is 1.00 bits per heavy atom. The molecular weight excluding hydrogens is 275 g/mol. The smallest absolute Gasteiger partial charge is 0.457 e. The maximum Gasteiger partial charge on any atom is 0.621 e. The molecule has 0 fully saturated rings. The molecule has 0 saturated carbocycles. The Kier molecular flexibility index (Phi) is 15.6. The van der Waals surface area contributed by atoms with Gasteiger partial charge in [0.1, 0.15) is 0 Å². The van der Waals surface area contributed by atoms with Crippen LogP contribution in [-0.2, 0) is 9.14 Å². The van der Waals surface area contributed by atoms with E-state index in [2.05, 4.69) is 9.14 Å². The van der Waals surface area contributed by atoms with E-state index < -0.39 is 41.2 Å². The SMILES string of the molecule is CC(C)(O)C(C)(C)O.OB(O)OB(O)O.OBOBO. The lowest BCUT2D eigenvalue weighted by molar-refractivity contribution is -0.107. The van der Waals surface area contributed by atoms with Crippen molar-refractivity contribution in [1.82, 2.24) is 0 Å².